The summed E-state index contributed by atoms with van der Waals surface area (Å²) in [7, 11) is 0. The van der Waals surface area contributed by atoms with E-state index >= 15 is 0 Å². The number of rotatable bonds is 5. The van der Waals surface area contributed by atoms with Gasteiger partial charge in [0.1, 0.15) is 0 Å². The van der Waals surface area contributed by atoms with Crippen LogP contribution in [0.5, 0.6) is 0 Å². The summed E-state index contributed by atoms with van der Waals surface area (Å²) in [4.78, 5) is 23.7. The summed E-state index contributed by atoms with van der Waals surface area (Å²) in [5.74, 6) is -1.84. The van der Waals surface area contributed by atoms with Gasteiger partial charge in [-0.15, -0.1) is 0 Å². The van der Waals surface area contributed by atoms with Gasteiger partial charge in [0.15, 0.2) is 13.2 Å². The molecule has 0 spiro atoms. The molecule has 0 aliphatic carbocycles. The Bertz CT molecular complexity index is 430. The fraction of sp³-hybridized carbons (Fsp3) is 0.875. The van der Waals surface area contributed by atoms with Crippen molar-refractivity contribution < 1.29 is 32.2 Å². The Morgan fingerprint density at radius 3 is 1.70 bits per heavy atom. The molecule has 1 unspecified atom stereocenters. The second-order valence-corrected chi connectivity index (χ2v) is 8.17. The third-order valence-electron chi connectivity index (χ3n) is 3.71. The van der Waals surface area contributed by atoms with Gasteiger partial charge in [0.2, 0.25) is 0 Å². The van der Waals surface area contributed by atoms with Crippen molar-refractivity contribution in [3.63, 3.8) is 0 Å². The van der Waals surface area contributed by atoms with E-state index in [9.17, 15) is 22.8 Å². The standard InChI is InChI=1S/C16H27F3O4/c1-13(2,3)9-15(7,14(4,5)6)12(21)22-8-11(20)23-10-16(17,18)19/h8-10H2,1-7H3. The van der Waals surface area contributed by atoms with Gasteiger partial charge in [-0.2, -0.15) is 13.2 Å². The van der Waals surface area contributed by atoms with Crippen LogP contribution < -0.4 is 0 Å². The van der Waals surface area contributed by atoms with Crippen LogP contribution in [0.3, 0.4) is 0 Å². The molecule has 23 heavy (non-hydrogen) atoms. The second kappa shape index (κ2) is 7.09. The van der Waals surface area contributed by atoms with E-state index in [0.717, 1.165) is 0 Å². The molecule has 0 fully saturated rings. The third-order valence-corrected chi connectivity index (χ3v) is 3.71. The van der Waals surface area contributed by atoms with E-state index < -0.39 is 42.2 Å². The Balaban J connectivity index is 4.85. The molecule has 0 amide bonds. The molecule has 0 bridgehead atoms. The summed E-state index contributed by atoms with van der Waals surface area (Å²) in [5.41, 5.74) is -1.51. The SMILES string of the molecule is CC(C)(C)CC(C)(C(=O)OCC(=O)OCC(F)(F)F)C(C)(C)C. The van der Waals surface area contributed by atoms with Gasteiger partial charge in [-0.05, 0) is 24.2 Å². The van der Waals surface area contributed by atoms with Gasteiger partial charge in [-0.1, -0.05) is 41.5 Å². The van der Waals surface area contributed by atoms with Crippen molar-refractivity contribution in [2.45, 2.75) is 61.1 Å². The van der Waals surface area contributed by atoms with Crippen molar-refractivity contribution in [2.75, 3.05) is 13.2 Å². The Labute approximate surface area is 135 Å². The largest absolute Gasteiger partial charge is 0.454 e. The molecule has 0 heterocycles. The molecular weight excluding hydrogens is 313 g/mol. The lowest BCUT2D eigenvalue weighted by Crippen LogP contribution is -2.44. The lowest BCUT2D eigenvalue weighted by Gasteiger charge is -2.43. The van der Waals surface area contributed by atoms with E-state index in [1.54, 1.807) is 6.92 Å². The maximum atomic E-state index is 12.4. The molecule has 0 aromatic heterocycles. The van der Waals surface area contributed by atoms with E-state index in [2.05, 4.69) is 4.74 Å². The lowest BCUT2D eigenvalue weighted by molar-refractivity contribution is -0.192. The predicted octanol–water partition coefficient (Wildman–Crippen LogP) is 4.12. The van der Waals surface area contributed by atoms with Crippen molar-refractivity contribution in [3.8, 4) is 0 Å². The quantitative estimate of drug-likeness (QED) is 0.706. The number of ether oxygens (including phenoxy) is 2. The first-order valence-corrected chi connectivity index (χ1v) is 7.38. The van der Waals surface area contributed by atoms with E-state index in [-0.39, 0.29) is 5.41 Å². The van der Waals surface area contributed by atoms with Crippen molar-refractivity contribution in [3.05, 3.63) is 0 Å². The molecule has 0 saturated heterocycles. The predicted molar refractivity (Wildman–Crippen MR) is 79.6 cm³/mol. The monoisotopic (exact) mass is 340 g/mol. The van der Waals surface area contributed by atoms with Crippen LogP contribution in [0.1, 0.15) is 54.9 Å². The van der Waals surface area contributed by atoms with Crippen molar-refractivity contribution in [1.82, 2.24) is 0 Å². The smallest absolute Gasteiger partial charge is 0.422 e. The maximum absolute atomic E-state index is 12.4. The average molecular weight is 340 g/mol. The molecule has 4 nitrogen and oxygen atoms in total. The first-order chi connectivity index (χ1) is 9.98. The highest BCUT2D eigenvalue weighted by molar-refractivity contribution is 5.80. The average Bonchev–Trinajstić information content (AvgIpc) is 2.28. The van der Waals surface area contributed by atoms with Crippen LogP contribution in [0.4, 0.5) is 13.2 Å². The number of carbonyl (C=O) groups excluding carboxylic acids is 2. The highest BCUT2D eigenvalue weighted by atomic mass is 19.4. The number of halogens is 3. The lowest BCUT2D eigenvalue weighted by atomic mass is 9.61. The van der Waals surface area contributed by atoms with Crippen LogP contribution >= 0.6 is 0 Å². The van der Waals surface area contributed by atoms with Crippen LogP contribution in [-0.2, 0) is 19.1 Å². The first-order valence-electron chi connectivity index (χ1n) is 7.38. The van der Waals surface area contributed by atoms with Crippen LogP contribution in [0.25, 0.3) is 0 Å². The van der Waals surface area contributed by atoms with Gasteiger partial charge in [0, 0.05) is 0 Å². The normalized spacial score (nSPS) is 15.7. The van der Waals surface area contributed by atoms with E-state index in [1.165, 1.54) is 0 Å². The Morgan fingerprint density at radius 2 is 1.35 bits per heavy atom. The molecule has 0 aromatic rings. The molecule has 0 rings (SSSR count). The van der Waals surface area contributed by atoms with Crippen molar-refractivity contribution in [2.24, 2.45) is 16.2 Å². The molecule has 0 aliphatic rings. The highest BCUT2D eigenvalue weighted by Gasteiger charge is 2.47. The van der Waals surface area contributed by atoms with Gasteiger partial charge in [-0.3, -0.25) is 4.79 Å². The molecule has 1 atom stereocenters. The van der Waals surface area contributed by atoms with Crippen LogP contribution in [0, 0.1) is 16.2 Å². The Kier molecular flexibility index (Phi) is 6.70. The summed E-state index contributed by atoms with van der Waals surface area (Å²) in [5, 5.41) is 0. The van der Waals surface area contributed by atoms with Crippen LogP contribution in [-0.4, -0.2) is 31.3 Å². The summed E-state index contributed by atoms with van der Waals surface area (Å²) in [6.45, 7) is 10.8. The summed E-state index contributed by atoms with van der Waals surface area (Å²) in [6, 6.07) is 0. The van der Waals surface area contributed by atoms with Crippen LogP contribution in [0.15, 0.2) is 0 Å². The van der Waals surface area contributed by atoms with Gasteiger partial charge in [0.05, 0.1) is 5.41 Å². The molecular formula is C16H27F3O4. The number of alkyl halides is 3. The second-order valence-electron chi connectivity index (χ2n) is 8.17. The first kappa shape index (κ1) is 21.7. The minimum atomic E-state index is -4.61. The molecule has 0 aromatic carbocycles. The topological polar surface area (TPSA) is 52.6 Å². The van der Waals surface area contributed by atoms with Crippen molar-refractivity contribution >= 4 is 11.9 Å². The zero-order valence-electron chi connectivity index (χ0n) is 14.9. The molecule has 0 N–H and O–H groups in total. The zero-order chi connectivity index (χ0) is 18.7. The third kappa shape index (κ3) is 7.70. The minimum Gasteiger partial charge on any atom is -0.454 e. The Hall–Kier alpha value is -1.27. The summed E-state index contributed by atoms with van der Waals surface area (Å²) >= 11 is 0. The van der Waals surface area contributed by atoms with Gasteiger partial charge in [-0.25, -0.2) is 4.79 Å². The Morgan fingerprint density at radius 1 is 0.870 bits per heavy atom. The molecule has 0 aliphatic heterocycles. The fourth-order valence-corrected chi connectivity index (χ4v) is 2.19. The highest BCUT2D eigenvalue weighted by Crippen LogP contribution is 2.47. The molecule has 7 heteroatoms. The number of esters is 2. The summed E-state index contributed by atoms with van der Waals surface area (Å²) < 4.78 is 44.8. The summed E-state index contributed by atoms with van der Waals surface area (Å²) in [6.07, 6.45) is -4.11. The van der Waals surface area contributed by atoms with Gasteiger partial charge >= 0.3 is 18.1 Å². The van der Waals surface area contributed by atoms with E-state index in [4.69, 9.17) is 4.74 Å². The fourth-order valence-electron chi connectivity index (χ4n) is 2.19. The molecule has 0 radical (unpaired) electrons. The molecule has 136 valence electrons. The van der Waals surface area contributed by atoms with Gasteiger partial charge < -0.3 is 9.47 Å². The van der Waals surface area contributed by atoms with Gasteiger partial charge in [0.25, 0.3) is 0 Å². The van der Waals surface area contributed by atoms with Crippen LogP contribution in [0.2, 0.25) is 0 Å². The van der Waals surface area contributed by atoms with Crippen molar-refractivity contribution in [1.29, 1.82) is 0 Å². The number of carbonyl (C=O) groups is 2. The zero-order valence-corrected chi connectivity index (χ0v) is 14.9. The molecule has 0 saturated carbocycles. The minimum absolute atomic E-state index is 0.169. The number of hydrogen-bond acceptors (Lipinski definition) is 4. The van der Waals surface area contributed by atoms with E-state index in [0.29, 0.717) is 6.42 Å². The number of hydrogen-bond donors (Lipinski definition) is 0. The van der Waals surface area contributed by atoms with E-state index in [1.807, 2.05) is 41.5 Å². The maximum Gasteiger partial charge on any atom is 0.422 e.